The third kappa shape index (κ3) is 4.48. The third-order valence-corrected chi connectivity index (χ3v) is 5.14. The fourth-order valence-corrected chi connectivity index (χ4v) is 3.52. The zero-order valence-electron chi connectivity index (χ0n) is 17.6. The molecule has 0 atom stereocenters. The zero-order chi connectivity index (χ0) is 22.5. The molecule has 0 aliphatic carbocycles. The van der Waals surface area contributed by atoms with Crippen LogP contribution in [0.1, 0.15) is 39.4 Å². The van der Waals surface area contributed by atoms with Gasteiger partial charge in [-0.05, 0) is 25.5 Å². The van der Waals surface area contributed by atoms with Crippen molar-refractivity contribution in [2.45, 2.75) is 19.8 Å². The second kappa shape index (κ2) is 9.38. The fourth-order valence-electron chi connectivity index (χ4n) is 3.52. The minimum absolute atomic E-state index is 0.138. The van der Waals surface area contributed by atoms with Crippen LogP contribution in [0.3, 0.4) is 0 Å². The molecule has 4 rings (SSSR count). The van der Waals surface area contributed by atoms with Crippen molar-refractivity contribution in [1.29, 1.82) is 0 Å². The highest BCUT2D eigenvalue weighted by Gasteiger charge is 2.34. The first-order valence-electron chi connectivity index (χ1n) is 10.3. The SMILES string of the molecule is Cc1nccn1-c1cc(NCCNC(=O)CCCN2C(=O)c3ccccc3C2=O)ncn1. The van der Waals surface area contributed by atoms with Gasteiger partial charge >= 0.3 is 0 Å². The number of hydrogen-bond acceptors (Lipinski definition) is 7. The number of benzene rings is 1. The van der Waals surface area contributed by atoms with Gasteiger partial charge in [0.05, 0.1) is 11.1 Å². The molecular formula is C22H23N7O3. The summed E-state index contributed by atoms with van der Waals surface area (Å²) in [7, 11) is 0. The van der Waals surface area contributed by atoms with Crippen LogP contribution < -0.4 is 10.6 Å². The fraction of sp³-hybridized carbons (Fsp3) is 0.273. The van der Waals surface area contributed by atoms with Crippen molar-refractivity contribution in [2.75, 3.05) is 25.0 Å². The second-order valence-corrected chi connectivity index (χ2v) is 7.29. The molecule has 32 heavy (non-hydrogen) atoms. The smallest absolute Gasteiger partial charge is 0.261 e. The summed E-state index contributed by atoms with van der Waals surface area (Å²) in [5.41, 5.74) is 0.841. The Morgan fingerprint density at radius 1 is 1.03 bits per heavy atom. The van der Waals surface area contributed by atoms with Crippen LogP contribution in [0.2, 0.25) is 0 Å². The van der Waals surface area contributed by atoms with Gasteiger partial charge in [-0.1, -0.05) is 12.1 Å². The van der Waals surface area contributed by atoms with Crippen molar-refractivity contribution in [3.05, 3.63) is 66.0 Å². The van der Waals surface area contributed by atoms with Gasteiger partial charge in [0.15, 0.2) is 0 Å². The van der Waals surface area contributed by atoms with Gasteiger partial charge in [0.2, 0.25) is 5.91 Å². The van der Waals surface area contributed by atoms with Crippen LogP contribution in [0, 0.1) is 6.92 Å². The minimum atomic E-state index is -0.301. The molecule has 1 aromatic carbocycles. The van der Waals surface area contributed by atoms with Crippen molar-refractivity contribution in [2.24, 2.45) is 0 Å². The number of carbonyl (C=O) groups excluding carboxylic acids is 3. The first-order valence-corrected chi connectivity index (χ1v) is 10.3. The lowest BCUT2D eigenvalue weighted by Crippen LogP contribution is -2.33. The molecule has 0 spiro atoms. The summed E-state index contributed by atoms with van der Waals surface area (Å²) >= 11 is 0. The first kappa shape index (κ1) is 21.2. The summed E-state index contributed by atoms with van der Waals surface area (Å²) in [6.45, 7) is 3.01. The van der Waals surface area contributed by atoms with E-state index in [0.717, 1.165) is 5.82 Å². The van der Waals surface area contributed by atoms with Crippen LogP contribution >= 0.6 is 0 Å². The maximum Gasteiger partial charge on any atom is 0.261 e. The molecule has 3 amide bonds. The topological polar surface area (TPSA) is 122 Å². The van der Waals surface area contributed by atoms with E-state index >= 15 is 0 Å². The Hall–Kier alpha value is -4.08. The molecule has 3 aromatic rings. The average molecular weight is 433 g/mol. The second-order valence-electron chi connectivity index (χ2n) is 7.29. The van der Waals surface area contributed by atoms with E-state index in [-0.39, 0.29) is 30.7 Å². The Labute approximate surface area is 184 Å². The van der Waals surface area contributed by atoms with Gasteiger partial charge in [-0.2, -0.15) is 0 Å². The van der Waals surface area contributed by atoms with Gasteiger partial charge in [0.1, 0.15) is 23.8 Å². The predicted octanol–water partition coefficient (Wildman–Crippen LogP) is 1.58. The molecule has 0 saturated carbocycles. The van der Waals surface area contributed by atoms with Gasteiger partial charge in [0, 0.05) is 44.5 Å². The van der Waals surface area contributed by atoms with Gasteiger partial charge in [-0.15, -0.1) is 0 Å². The number of nitrogens with one attached hydrogen (secondary N) is 2. The monoisotopic (exact) mass is 433 g/mol. The van der Waals surface area contributed by atoms with E-state index in [1.165, 1.54) is 11.2 Å². The lowest BCUT2D eigenvalue weighted by molar-refractivity contribution is -0.121. The molecule has 0 radical (unpaired) electrons. The molecule has 10 heteroatoms. The maximum atomic E-state index is 12.3. The van der Waals surface area contributed by atoms with Crippen molar-refractivity contribution >= 4 is 23.5 Å². The number of imidazole rings is 1. The summed E-state index contributed by atoms with van der Waals surface area (Å²) < 4.78 is 1.85. The molecule has 10 nitrogen and oxygen atoms in total. The van der Waals surface area contributed by atoms with Crippen LogP contribution in [0.4, 0.5) is 5.82 Å². The average Bonchev–Trinajstić information content (AvgIpc) is 3.34. The number of hydrogen-bond donors (Lipinski definition) is 2. The highest BCUT2D eigenvalue weighted by molar-refractivity contribution is 6.21. The zero-order valence-corrected chi connectivity index (χ0v) is 17.6. The van der Waals surface area contributed by atoms with Gasteiger partial charge in [-0.25, -0.2) is 15.0 Å². The molecule has 3 heterocycles. The summed E-state index contributed by atoms with van der Waals surface area (Å²) in [6, 6.07) is 8.56. The Kier molecular flexibility index (Phi) is 6.20. The summed E-state index contributed by atoms with van der Waals surface area (Å²) in [5, 5.41) is 5.97. The molecule has 164 valence electrons. The molecule has 0 bridgehead atoms. The number of imide groups is 1. The quantitative estimate of drug-likeness (QED) is 0.388. The molecule has 0 fully saturated rings. The molecule has 1 aliphatic rings. The normalized spacial score (nSPS) is 12.7. The van der Waals surface area contributed by atoms with Gasteiger partial charge < -0.3 is 10.6 Å². The Balaban J connectivity index is 1.17. The Morgan fingerprint density at radius 3 is 2.47 bits per heavy atom. The molecule has 1 aliphatic heterocycles. The standard InChI is InChI=1S/C22H23N7O3/c1-15-23-10-12-28(15)19-13-18(26-14-27-19)24-8-9-25-20(30)7-4-11-29-21(31)16-5-2-3-6-17(16)22(29)32/h2-3,5-6,10,12-14H,4,7-9,11H2,1H3,(H,25,30)(H,24,26,27). The van der Waals surface area contributed by atoms with E-state index in [4.69, 9.17) is 0 Å². The Morgan fingerprint density at radius 2 is 1.78 bits per heavy atom. The predicted molar refractivity (Wildman–Crippen MR) is 116 cm³/mol. The van der Waals surface area contributed by atoms with E-state index in [2.05, 4.69) is 25.6 Å². The van der Waals surface area contributed by atoms with E-state index < -0.39 is 0 Å². The van der Waals surface area contributed by atoms with Crippen molar-refractivity contribution in [3.8, 4) is 5.82 Å². The highest BCUT2D eigenvalue weighted by Crippen LogP contribution is 2.22. The van der Waals surface area contributed by atoms with Gasteiger partial charge in [-0.3, -0.25) is 23.9 Å². The number of aryl methyl sites for hydroxylation is 1. The summed E-state index contributed by atoms with van der Waals surface area (Å²) in [6.07, 6.45) is 5.63. The summed E-state index contributed by atoms with van der Waals surface area (Å²) in [4.78, 5) is 50.6. The van der Waals surface area contributed by atoms with Crippen LogP contribution in [-0.4, -0.2) is 61.8 Å². The van der Waals surface area contributed by atoms with E-state index in [0.29, 0.717) is 42.3 Å². The number of carbonyl (C=O) groups is 3. The molecular weight excluding hydrogens is 410 g/mol. The summed E-state index contributed by atoms with van der Waals surface area (Å²) in [5.74, 6) is 1.43. The van der Waals surface area contributed by atoms with Crippen LogP contribution in [0.25, 0.3) is 5.82 Å². The lowest BCUT2D eigenvalue weighted by atomic mass is 10.1. The maximum absolute atomic E-state index is 12.3. The molecule has 0 saturated heterocycles. The minimum Gasteiger partial charge on any atom is -0.368 e. The number of aromatic nitrogens is 4. The van der Waals surface area contributed by atoms with Crippen LogP contribution in [0.5, 0.6) is 0 Å². The number of amides is 3. The third-order valence-electron chi connectivity index (χ3n) is 5.14. The highest BCUT2D eigenvalue weighted by atomic mass is 16.2. The van der Waals surface area contributed by atoms with Crippen molar-refractivity contribution < 1.29 is 14.4 Å². The Bertz CT molecular complexity index is 1120. The molecule has 2 aromatic heterocycles. The first-order chi connectivity index (χ1) is 15.5. The number of fused-ring (bicyclic) bond motifs is 1. The van der Waals surface area contributed by atoms with E-state index in [1.54, 1.807) is 36.5 Å². The van der Waals surface area contributed by atoms with Crippen LogP contribution in [-0.2, 0) is 4.79 Å². The number of anilines is 1. The van der Waals surface area contributed by atoms with Gasteiger partial charge in [0.25, 0.3) is 11.8 Å². The van der Waals surface area contributed by atoms with E-state index in [1.807, 2.05) is 17.7 Å². The number of rotatable bonds is 9. The molecule has 2 N–H and O–H groups in total. The van der Waals surface area contributed by atoms with E-state index in [9.17, 15) is 14.4 Å². The number of nitrogens with zero attached hydrogens (tertiary/aromatic N) is 5. The lowest BCUT2D eigenvalue weighted by Gasteiger charge is -2.13. The van der Waals surface area contributed by atoms with Crippen LogP contribution in [0.15, 0.2) is 49.1 Å². The largest absolute Gasteiger partial charge is 0.368 e. The van der Waals surface area contributed by atoms with Crippen molar-refractivity contribution in [3.63, 3.8) is 0 Å². The van der Waals surface area contributed by atoms with Crippen molar-refractivity contribution in [1.82, 2.24) is 29.7 Å². The molecule has 0 unspecified atom stereocenters.